The van der Waals surface area contributed by atoms with E-state index in [2.05, 4.69) is 11.7 Å². The van der Waals surface area contributed by atoms with Crippen molar-refractivity contribution in [3.8, 4) is 0 Å². The molecule has 0 bridgehead atoms. The van der Waals surface area contributed by atoms with E-state index in [1.165, 1.54) is 0 Å². The summed E-state index contributed by atoms with van der Waals surface area (Å²) >= 11 is 0. The normalized spacial score (nSPS) is 11.3. The minimum absolute atomic E-state index is 0. The van der Waals surface area contributed by atoms with Crippen LogP contribution < -0.4 is 62.2 Å². The van der Waals surface area contributed by atoms with Crippen LogP contribution in [0.2, 0.25) is 0 Å². The molecule has 20 heavy (non-hydrogen) atoms. The van der Waals surface area contributed by atoms with E-state index in [9.17, 15) is 19.5 Å². The molecule has 0 aliphatic carbocycles. The first-order chi connectivity index (χ1) is 8.97. The third kappa shape index (κ3) is 13.2. The van der Waals surface area contributed by atoms with Gasteiger partial charge in [-0.2, -0.15) is 0 Å². The van der Waals surface area contributed by atoms with Crippen LogP contribution in [0.3, 0.4) is 0 Å². The van der Waals surface area contributed by atoms with E-state index >= 15 is 0 Å². The van der Waals surface area contributed by atoms with Crippen LogP contribution in [0, 0.1) is 0 Å². The molecule has 0 aliphatic rings. The van der Waals surface area contributed by atoms with Crippen LogP contribution in [0.5, 0.6) is 0 Å². The number of carboxylic acids is 1. The third-order valence-corrected chi connectivity index (χ3v) is 2.66. The molecule has 2 N–H and O–H groups in total. The fraction of sp³-hybridized carbons (Fsp3) is 0.769. The molecule has 7 heteroatoms. The molecule has 0 aromatic rings. The predicted octanol–water partition coefficient (Wildman–Crippen LogP) is -2.72. The third-order valence-electron chi connectivity index (χ3n) is 2.66. The summed E-state index contributed by atoms with van der Waals surface area (Å²) < 4.78 is 4.53. The molecule has 6 nitrogen and oxygen atoms in total. The van der Waals surface area contributed by atoms with Crippen LogP contribution in [0.25, 0.3) is 0 Å². The Bertz CT molecular complexity index is 309. The van der Waals surface area contributed by atoms with E-state index in [1.54, 1.807) is 0 Å². The summed E-state index contributed by atoms with van der Waals surface area (Å²) in [6.45, 7) is 2.10. The summed E-state index contributed by atoms with van der Waals surface area (Å²) in [6.07, 6.45) is 4.67. The summed E-state index contributed by atoms with van der Waals surface area (Å²) in [5.41, 5.74) is 5.39. The maximum Gasteiger partial charge on any atom is 1.00 e. The number of carbonyl (C=O) groups is 3. The molecule has 0 fully saturated rings. The van der Waals surface area contributed by atoms with Gasteiger partial charge in [0.25, 0.3) is 0 Å². The van der Waals surface area contributed by atoms with E-state index < -0.39 is 23.9 Å². The van der Waals surface area contributed by atoms with Crippen molar-refractivity contribution in [3.05, 3.63) is 0 Å². The molecule has 0 saturated heterocycles. The number of carbonyl (C=O) groups excluding carboxylic acids is 3. The van der Waals surface area contributed by atoms with Gasteiger partial charge < -0.3 is 20.4 Å². The second kappa shape index (κ2) is 14.2. The van der Waals surface area contributed by atoms with Gasteiger partial charge >= 0.3 is 63.3 Å². The van der Waals surface area contributed by atoms with Crippen LogP contribution in [-0.2, 0) is 19.1 Å². The predicted molar refractivity (Wildman–Crippen MR) is 66.7 cm³/mol. The maximum absolute atomic E-state index is 11.3. The second-order valence-corrected chi connectivity index (χ2v) is 4.47. The van der Waals surface area contributed by atoms with Gasteiger partial charge in [-0.25, -0.2) is 4.79 Å². The van der Waals surface area contributed by atoms with Crippen LogP contribution in [0.1, 0.15) is 58.3 Å². The molecule has 110 valence electrons. The monoisotopic (exact) mass is 311 g/mol. The average molecular weight is 311 g/mol. The fourth-order valence-electron chi connectivity index (χ4n) is 1.50. The van der Waals surface area contributed by atoms with Gasteiger partial charge in [0.05, 0.1) is 0 Å². The Labute approximate surface area is 162 Å². The van der Waals surface area contributed by atoms with Gasteiger partial charge in [-0.05, 0) is 19.3 Å². The zero-order valence-corrected chi connectivity index (χ0v) is 15.5. The molecule has 0 amide bonds. The first-order valence-corrected chi connectivity index (χ1v) is 6.67. The quantitative estimate of drug-likeness (QED) is 0.203. The van der Waals surface area contributed by atoms with Crippen molar-refractivity contribution >= 4 is 17.9 Å². The largest absolute Gasteiger partial charge is 1.00 e. The van der Waals surface area contributed by atoms with Crippen molar-refractivity contribution in [2.45, 2.75) is 64.3 Å². The van der Waals surface area contributed by atoms with Crippen LogP contribution in [-0.4, -0.2) is 23.9 Å². The molecular formula is C13H22KNO5. The zero-order valence-electron chi connectivity index (χ0n) is 12.4. The van der Waals surface area contributed by atoms with Gasteiger partial charge in [0.1, 0.15) is 6.04 Å². The molecule has 0 rings (SSSR count). The average Bonchev–Trinajstić information content (AvgIpc) is 2.35. The number of esters is 2. The number of hydrogen-bond acceptors (Lipinski definition) is 6. The Morgan fingerprint density at radius 1 is 1.10 bits per heavy atom. The van der Waals surface area contributed by atoms with Crippen molar-refractivity contribution < 1.29 is 75.6 Å². The molecule has 0 radical (unpaired) electrons. The number of unbranched alkanes of at least 4 members (excludes halogenated alkanes) is 4. The fourth-order valence-corrected chi connectivity index (χ4v) is 1.50. The van der Waals surface area contributed by atoms with Crippen molar-refractivity contribution in [1.29, 1.82) is 0 Å². The SMILES string of the molecule is CCCCCCCC(=O)OC(=O)[C@@H](N)CCC(=O)[O-].[K+]. The maximum atomic E-state index is 11.3. The minimum atomic E-state index is -1.29. The minimum Gasteiger partial charge on any atom is -0.550 e. The van der Waals surface area contributed by atoms with Crippen LogP contribution >= 0.6 is 0 Å². The second-order valence-electron chi connectivity index (χ2n) is 4.47. The Morgan fingerprint density at radius 3 is 2.25 bits per heavy atom. The summed E-state index contributed by atoms with van der Waals surface area (Å²) in [6, 6.07) is -1.10. The van der Waals surface area contributed by atoms with Crippen molar-refractivity contribution in [2.75, 3.05) is 0 Å². The Hall–Kier alpha value is 0.206. The van der Waals surface area contributed by atoms with E-state index in [-0.39, 0.29) is 70.6 Å². The van der Waals surface area contributed by atoms with Crippen LogP contribution in [0.4, 0.5) is 0 Å². The Kier molecular flexibility index (Phi) is 15.9. The van der Waals surface area contributed by atoms with E-state index in [0.717, 1.165) is 25.7 Å². The zero-order chi connectivity index (χ0) is 14.7. The number of nitrogens with two attached hydrogens (primary N) is 1. The number of rotatable bonds is 10. The molecule has 0 aromatic heterocycles. The molecule has 0 heterocycles. The Balaban J connectivity index is 0. The van der Waals surface area contributed by atoms with Crippen molar-refractivity contribution in [2.24, 2.45) is 5.73 Å². The molecule has 0 aliphatic heterocycles. The smallest absolute Gasteiger partial charge is 0.550 e. The van der Waals surface area contributed by atoms with Gasteiger partial charge in [-0.3, -0.25) is 4.79 Å². The summed E-state index contributed by atoms with van der Waals surface area (Å²) in [5, 5.41) is 10.2. The first kappa shape index (κ1) is 22.5. The van der Waals surface area contributed by atoms with Gasteiger partial charge in [-0.1, -0.05) is 32.6 Å². The molecule has 0 unspecified atom stereocenters. The summed E-state index contributed by atoms with van der Waals surface area (Å²) in [4.78, 5) is 32.8. The van der Waals surface area contributed by atoms with Gasteiger partial charge in [0.15, 0.2) is 0 Å². The first-order valence-electron chi connectivity index (χ1n) is 6.67. The van der Waals surface area contributed by atoms with Crippen LogP contribution in [0.15, 0.2) is 0 Å². The molecule has 0 saturated carbocycles. The van der Waals surface area contributed by atoms with Crippen molar-refractivity contribution in [3.63, 3.8) is 0 Å². The van der Waals surface area contributed by atoms with Gasteiger partial charge in [0.2, 0.25) is 0 Å². The number of aliphatic carboxylic acids is 1. The standard InChI is InChI=1S/C13H23NO5.K/c1-2-3-4-5-6-7-12(17)19-13(18)10(14)8-9-11(15)16;/h10H,2-9,14H2,1H3,(H,15,16);/q;+1/p-1/t10-;/m0./s1. The van der Waals surface area contributed by atoms with Gasteiger partial charge in [0, 0.05) is 12.4 Å². The molecule has 0 spiro atoms. The van der Waals surface area contributed by atoms with Crippen molar-refractivity contribution in [1.82, 2.24) is 0 Å². The topological polar surface area (TPSA) is 110 Å². The van der Waals surface area contributed by atoms with Gasteiger partial charge in [-0.15, -0.1) is 0 Å². The summed E-state index contributed by atoms with van der Waals surface area (Å²) in [5.74, 6) is -2.77. The molecular weight excluding hydrogens is 289 g/mol. The number of ether oxygens (including phenoxy) is 1. The molecule has 0 aromatic carbocycles. The number of carboxylic acid groups (broad SMARTS) is 1. The number of hydrogen-bond donors (Lipinski definition) is 1. The summed E-state index contributed by atoms with van der Waals surface area (Å²) in [7, 11) is 0. The Morgan fingerprint density at radius 2 is 1.70 bits per heavy atom. The molecule has 1 atom stereocenters. The van der Waals surface area contributed by atoms with E-state index in [4.69, 9.17) is 5.73 Å². The van der Waals surface area contributed by atoms with E-state index in [0.29, 0.717) is 6.42 Å². The van der Waals surface area contributed by atoms with E-state index in [1.807, 2.05) is 0 Å².